The zero-order valence-electron chi connectivity index (χ0n) is 8.53. The normalized spacial score (nSPS) is 29.2. The second-order valence-corrected chi connectivity index (χ2v) is 6.55. The Bertz CT molecular complexity index is 397. The van der Waals surface area contributed by atoms with Gasteiger partial charge in [-0.3, -0.25) is 4.79 Å². The standard InChI is InChI=1S/C10H15NO3S/c12-9-4-3-8(6-9)11-7-10-2-1-5-15(10,13)14/h6,10-11H,1-5,7H2. The summed E-state index contributed by atoms with van der Waals surface area (Å²) in [5, 5.41) is 2.82. The number of allylic oxidation sites excluding steroid dienone is 2. The molecule has 0 radical (unpaired) electrons. The molecule has 1 unspecified atom stereocenters. The van der Waals surface area contributed by atoms with Gasteiger partial charge in [0.1, 0.15) is 0 Å². The highest BCUT2D eigenvalue weighted by Gasteiger charge is 2.31. The third-order valence-corrected chi connectivity index (χ3v) is 5.27. The lowest BCUT2D eigenvalue weighted by atomic mass is 10.2. The summed E-state index contributed by atoms with van der Waals surface area (Å²) in [6, 6.07) is 0. The summed E-state index contributed by atoms with van der Waals surface area (Å²) in [6.07, 6.45) is 4.39. The Labute approximate surface area is 89.7 Å². The van der Waals surface area contributed by atoms with Crippen LogP contribution in [0.2, 0.25) is 0 Å². The van der Waals surface area contributed by atoms with Crippen molar-refractivity contribution in [2.75, 3.05) is 12.3 Å². The van der Waals surface area contributed by atoms with E-state index in [2.05, 4.69) is 5.32 Å². The Morgan fingerprint density at radius 3 is 2.73 bits per heavy atom. The summed E-state index contributed by atoms with van der Waals surface area (Å²) in [7, 11) is -2.87. The van der Waals surface area contributed by atoms with Gasteiger partial charge in [-0.1, -0.05) is 0 Å². The summed E-state index contributed by atoms with van der Waals surface area (Å²) in [5.74, 6) is 0.448. The quantitative estimate of drug-likeness (QED) is 0.761. The Kier molecular flexibility index (Phi) is 2.82. The Balaban J connectivity index is 1.89. The van der Waals surface area contributed by atoms with Gasteiger partial charge in [0.25, 0.3) is 0 Å². The summed E-state index contributed by atoms with van der Waals surface area (Å²) < 4.78 is 23.0. The van der Waals surface area contributed by atoms with E-state index in [1.165, 1.54) is 0 Å². The van der Waals surface area contributed by atoms with Crippen molar-refractivity contribution in [2.24, 2.45) is 0 Å². The predicted octanol–water partition coefficient (Wildman–Crippen LogP) is 0.400. The molecule has 0 aromatic heterocycles. The van der Waals surface area contributed by atoms with Crippen LogP contribution < -0.4 is 5.32 Å². The average Bonchev–Trinajstić information content (AvgIpc) is 2.69. The molecule has 1 heterocycles. The van der Waals surface area contributed by atoms with Gasteiger partial charge in [0.15, 0.2) is 15.6 Å². The molecule has 0 aromatic carbocycles. The fraction of sp³-hybridized carbons (Fsp3) is 0.700. The molecule has 1 N–H and O–H groups in total. The van der Waals surface area contributed by atoms with E-state index in [4.69, 9.17) is 0 Å². The molecule has 4 nitrogen and oxygen atoms in total. The van der Waals surface area contributed by atoms with Crippen molar-refractivity contribution in [1.82, 2.24) is 5.32 Å². The fourth-order valence-corrected chi connectivity index (χ4v) is 3.83. The molecule has 0 spiro atoms. The SMILES string of the molecule is O=C1C=C(NCC2CCCS2(=O)=O)CC1. The molecule has 1 atom stereocenters. The third-order valence-electron chi connectivity index (χ3n) is 3.00. The van der Waals surface area contributed by atoms with Crippen molar-refractivity contribution < 1.29 is 13.2 Å². The lowest BCUT2D eigenvalue weighted by Crippen LogP contribution is -2.29. The van der Waals surface area contributed by atoms with Crippen LogP contribution in [0.1, 0.15) is 25.7 Å². The van der Waals surface area contributed by atoms with Crippen LogP contribution in [0.3, 0.4) is 0 Å². The zero-order chi connectivity index (χ0) is 10.9. The molecule has 1 aliphatic carbocycles. The van der Waals surface area contributed by atoms with Crippen LogP contribution in [0, 0.1) is 0 Å². The molecule has 2 aliphatic rings. The Hall–Kier alpha value is -0.840. The second-order valence-electron chi connectivity index (χ2n) is 4.15. The van der Waals surface area contributed by atoms with Crippen LogP contribution in [0.5, 0.6) is 0 Å². The van der Waals surface area contributed by atoms with E-state index >= 15 is 0 Å². The van der Waals surface area contributed by atoms with E-state index in [1.807, 2.05) is 0 Å². The minimum Gasteiger partial charge on any atom is -0.387 e. The van der Waals surface area contributed by atoms with Crippen molar-refractivity contribution in [3.63, 3.8) is 0 Å². The molecule has 0 bridgehead atoms. The molecule has 1 fully saturated rings. The fourth-order valence-electron chi connectivity index (χ4n) is 2.07. The Morgan fingerprint density at radius 1 is 1.40 bits per heavy atom. The molecule has 2 rings (SSSR count). The van der Waals surface area contributed by atoms with E-state index in [1.54, 1.807) is 6.08 Å². The molecule has 5 heteroatoms. The van der Waals surface area contributed by atoms with Crippen LogP contribution in [0.15, 0.2) is 11.8 Å². The van der Waals surface area contributed by atoms with Gasteiger partial charge >= 0.3 is 0 Å². The number of rotatable bonds is 3. The highest BCUT2D eigenvalue weighted by molar-refractivity contribution is 7.92. The van der Waals surface area contributed by atoms with Crippen molar-refractivity contribution >= 4 is 15.6 Å². The minimum absolute atomic E-state index is 0.131. The highest BCUT2D eigenvalue weighted by Crippen LogP contribution is 2.20. The van der Waals surface area contributed by atoms with Crippen LogP contribution >= 0.6 is 0 Å². The first-order valence-electron chi connectivity index (χ1n) is 5.27. The van der Waals surface area contributed by atoms with Gasteiger partial charge in [-0.15, -0.1) is 0 Å². The van der Waals surface area contributed by atoms with E-state index in [0.717, 1.165) is 25.0 Å². The van der Waals surface area contributed by atoms with E-state index < -0.39 is 9.84 Å². The Morgan fingerprint density at radius 2 is 2.20 bits per heavy atom. The molecule has 1 aliphatic heterocycles. The van der Waals surface area contributed by atoms with Crippen molar-refractivity contribution in [2.45, 2.75) is 30.9 Å². The van der Waals surface area contributed by atoms with E-state index in [-0.39, 0.29) is 11.0 Å². The molecule has 15 heavy (non-hydrogen) atoms. The maximum absolute atomic E-state index is 11.5. The van der Waals surface area contributed by atoms with Gasteiger partial charge in [-0.25, -0.2) is 8.42 Å². The minimum atomic E-state index is -2.87. The number of sulfone groups is 1. The molecular formula is C10H15NO3S. The topological polar surface area (TPSA) is 63.2 Å². The average molecular weight is 229 g/mol. The number of carbonyl (C=O) groups excluding carboxylic acids is 1. The first-order chi connectivity index (χ1) is 7.08. The number of hydrogen-bond donors (Lipinski definition) is 1. The largest absolute Gasteiger partial charge is 0.387 e. The maximum Gasteiger partial charge on any atom is 0.157 e. The number of ketones is 1. The zero-order valence-corrected chi connectivity index (χ0v) is 9.35. The van der Waals surface area contributed by atoms with Gasteiger partial charge in [0, 0.05) is 24.7 Å². The molecular weight excluding hydrogens is 214 g/mol. The monoisotopic (exact) mass is 229 g/mol. The summed E-state index contributed by atoms with van der Waals surface area (Å²) in [6.45, 7) is 0.460. The lowest BCUT2D eigenvalue weighted by molar-refractivity contribution is -0.114. The van der Waals surface area contributed by atoms with Crippen molar-refractivity contribution in [1.29, 1.82) is 0 Å². The molecule has 84 valence electrons. The second kappa shape index (κ2) is 3.96. The summed E-state index contributed by atoms with van der Waals surface area (Å²) in [4.78, 5) is 10.9. The van der Waals surface area contributed by atoms with Gasteiger partial charge in [-0.05, 0) is 19.3 Å². The molecule has 0 amide bonds. The first-order valence-corrected chi connectivity index (χ1v) is 6.98. The number of nitrogens with one attached hydrogen (secondary N) is 1. The molecule has 0 aromatic rings. The highest BCUT2D eigenvalue weighted by atomic mass is 32.2. The van der Waals surface area contributed by atoms with Crippen LogP contribution in [0.4, 0.5) is 0 Å². The summed E-state index contributed by atoms with van der Waals surface area (Å²) in [5.41, 5.74) is 0.891. The van der Waals surface area contributed by atoms with Crippen molar-refractivity contribution in [3.8, 4) is 0 Å². The van der Waals surface area contributed by atoms with Gasteiger partial charge in [-0.2, -0.15) is 0 Å². The van der Waals surface area contributed by atoms with Crippen molar-refractivity contribution in [3.05, 3.63) is 11.8 Å². The lowest BCUT2D eigenvalue weighted by Gasteiger charge is -2.11. The van der Waals surface area contributed by atoms with Gasteiger partial charge < -0.3 is 5.32 Å². The first kappa shape index (κ1) is 10.7. The van der Waals surface area contributed by atoms with Gasteiger partial charge in [0.05, 0.1) is 11.0 Å². The molecule has 1 saturated heterocycles. The third kappa shape index (κ3) is 2.40. The molecule has 0 saturated carbocycles. The smallest absolute Gasteiger partial charge is 0.157 e. The van der Waals surface area contributed by atoms with Crippen LogP contribution in [-0.4, -0.2) is 31.7 Å². The number of hydrogen-bond acceptors (Lipinski definition) is 4. The maximum atomic E-state index is 11.5. The van der Waals surface area contributed by atoms with Crippen LogP contribution in [0.25, 0.3) is 0 Å². The van der Waals surface area contributed by atoms with Crippen LogP contribution in [-0.2, 0) is 14.6 Å². The van der Waals surface area contributed by atoms with E-state index in [0.29, 0.717) is 18.7 Å². The predicted molar refractivity (Wildman–Crippen MR) is 57.1 cm³/mol. The number of carbonyl (C=O) groups is 1. The van der Waals surface area contributed by atoms with Gasteiger partial charge in [0.2, 0.25) is 0 Å². The van der Waals surface area contributed by atoms with E-state index in [9.17, 15) is 13.2 Å². The summed E-state index contributed by atoms with van der Waals surface area (Å²) >= 11 is 0.